The lowest BCUT2D eigenvalue weighted by Gasteiger charge is -2.17. The molecule has 1 aromatic heterocycles. The number of rotatable bonds is 4. The number of aryl methyl sites for hydroxylation is 1. The van der Waals surface area contributed by atoms with Crippen molar-refractivity contribution in [3.8, 4) is 16.8 Å². The summed E-state index contributed by atoms with van der Waals surface area (Å²) in [4.78, 5) is 16.7. The van der Waals surface area contributed by atoms with E-state index in [0.717, 1.165) is 39.0 Å². The summed E-state index contributed by atoms with van der Waals surface area (Å²) in [5, 5.41) is 1.09. The van der Waals surface area contributed by atoms with Gasteiger partial charge in [-0.2, -0.15) is 0 Å². The van der Waals surface area contributed by atoms with E-state index in [0.29, 0.717) is 17.7 Å². The largest absolute Gasteiger partial charge is 0.465 e. The van der Waals surface area contributed by atoms with Gasteiger partial charge in [-0.3, -0.25) is 4.99 Å². The molecule has 0 atom stereocenters. The number of methoxy groups -OCH3 is 1. The number of hydrogen-bond donors (Lipinski definition) is 0. The van der Waals surface area contributed by atoms with Crippen molar-refractivity contribution in [1.82, 2.24) is 4.57 Å². The molecule has 1 aliphatic rings. The van der Waals surface area contributed by atoms with Crippen molar-refractivity contribution in [3.63, 3.8) is 0 Å². The van der Waals surface area contributed by atoms with Gasteiger partial charge in [-0.05, 0) is 77.6 Å². The van der Waals surface area contributed by atoms with Gasteiger partial charge in [-0.15, -0.1) is 0 Å². The minimum absolute atomic E-state index is 0.169. The Hall–Kier alpha value is -3.73. The first-order chi connectivity index (χ1) is 15.9. The fraction of sp³-hybridized carbons (Fsp3) is 0.214. The van der Waals surface area contributed by atoms with Crippen LogP contribution in [-0.4, -0.2) is 23.9 Å². The lowest BCUT2D eigenvalue weighted by Crippen LogP contribution is -2.05. The Kier molecular flexibility index (Phi) is 5.12. The molecule has 33 heavy (non-hydrogen) atoms. The van der Waals surface area contributed by atoms with E-state index in [1.165, 1.54) is 18.7 Å². The first kappa shape index (κ1) is 21.1. The van der Waals surface area contributed by atoms with Crippen LogP contribution in [0.25, 0.3) is 27.7 Å². The number of fused-ring (bicyclic) bond motifs is 2. The zero-order chi connectivity index (χ0) is 23.3. The first-order valence-electron chi connectivity index (χ1n) is 11.1. The van der Waals surface area contributed by atoms with Gasteiger partial charge < -0.3 is 9.30 Å². The second kappa shape index (κ2) is 8.00. The highest BCUT2D eigenvalue weighted by Gasteiger charge is 2.24. The van der Waals surface area contributed by atoms with Crippen LogP contribution in [0.5, 0.6) is 0 Å². The van der Waals surface area contributed by atoms with Crippen molar-refractivity contribution in [2.45, 2.75) is 33.2 Å². The Bertz CT molecular complexity index is 1450. The summed E-state index contributed by atoms with van der Waals surface area (Å²) in [6.07, 6.45) is 1.91. The monoisotopic (exact) mass is 440 g/mol. The van der Waals surface area contributed by atoms with Crippen molar-refractivity contribution in [2.24, 2.45) is 4.99 Å². The molecule has 0 unspecified atom stereocenters. The van der Waals surface area contributed by atoms with E-state index in [-0.39, 0.29) is 17.7 Å². The summed E-state index contributed by atoms with van der Waals surface area (Å²) in [5.41, 5.74) is 8.46. The van der Waals surface area contributed by atoms with E-state index in [1.54, 1.807) is 13.0 Å². The maximum atomic E-state index is 14.1. The average Bonchev–Trinajstić information content (AvgIpc) is 3.40. The van der Waals surface area contributed by atoms with Crippen LogP contribution in [0.3, 0.4) is 0 Å². The number of aromatic nitrogens is 1. The van der Waals surface area contributed by atoms with Crippen molar-refractivity contribution in [2.75, 3.05) is 7.11 Å². The fourth-order valence-electron chi connectivity index (χ4n) is 4.73. The number of halogens is 1. The van der Waals surface area contributed by atoms with E-state index in [1.807, 2.05) is 36.5 Å². The lowest BCUT2D eigenvalue weighted by atomic mass is 9.94. The summed E-state index contributed by atoms with van der Waals surface area (Å²) in [7, 11) is 1.39. The number of hydrogen-bond acceptors (Lipinski definition) is 3. The molecule has 0 bridgehead atoms. The van der Waals surface area contributed by atoms with E-state index >= 15 is 0 Å². The number of esters is 1. The third-order valence-corrected chi connectivity index (χ3v) is 6.28. The summed E-state index contributed by atoms with van der Waals surface area (Å²) in [6, 6.07) is 17.2. The van der Waals surface area contributed by atoms with Gasteiger partial charge in [0.05, 0.1) is 24.7 Å². The molecule has 0 spiro atoms. The van der Waals surface area contributed by atoms with E-state index in [4.69, 9.17) is 4.74 Å². The van der Waals surface area contributed by atoms with Crippen LogP contribution >= 0.6 is 0 Å². The maximum absolute atomic E-state index is 14.1. The summed E-state index contributed by atoms with van der Waals surface area (Å²) in [5.74, 6) is -0.418. The highest BCUT2D eigenvalue weighted by molar-refractivity contribution is 6.04. The smallest absolute Gasteiger partial charge is 0.337 e. The minimum atomic E-state index is -0.366. The molecule has 166 valence electrons. The number of carbonyl (C=O) groups excluding carboxylic acids is 1. The Morgan fingerprint density at radius 3 is 2.67 bits per heavy atom. The normalized spacial score (nSPS) is 12.5. The number of nitrogens with zero attached hydrogens (tertiary/aromatic N) is 2. The maximum Gasteiger partial charge on any atom is 0.337 e. The minimum Gasteiger partial charge on any atom is -0.465 e. The molecule has 0 amide bonds. The van der Waals surface area contributed by atoms with Crippen molar-refractivity contribution < 1.29 is 13.9 Å². The van der Waals surface area contributed by atoms with Crippen LogP contribution in [0.4, 0.5) is 4.39 Å². The van der Waals surface area contributed by atoms with E-state index < -0.39 is 0 Å². The van der Waals surface area contributed by atoms with Crippen molar-refractivity contribution >= 4 is 23.1 Å². The first-order valence-corrected chi connectivity index (χ1v) is 11.1. The third kappa shape index (κ3) is 3.44. The average molecular weight is 441 g/mol. The fourth-order valence-corrected chi connectivity index (χ4v) is 4.73. The number of ether oxygens (including phenoxy) is 1. The van der Waals surface area contributed by atoms with Crippen molar-refractivity contribution in [1.29, 1.82) is 0 Å². The van der Waals surface area contributed by atoms with Gasteiger partial charge in [-0.1, -0.05) is 26.0 Å². The Balaban J connectivity index is 1.89. The van der Waals surface area contributed by atoms with Gasteiger partial charge in [0.15, 0.2) is 0 Å². The molecule has 0 saturated carbocycles. The van der Waals surface area contributed by atoms with Crippen LogP contribution in [0.15, 0.2) is 59.6 Å². The lowest BCUT2D eigenvalue weighted by molar-refractivity contribution is 0.0601. The van der Waals surface area contributed by atoms with Gasteiger partial charge in [0, 0.05) is 28.5 Å². The molecule has 0 saturated heterocycles. The molecule has 5 heteroatoms. The Labute approximate surface area is 192 Å². The topological polar surface area (TPSA) is 43.6 Å². The molecule has 0 N–H and O–H groups in total. The number of benzene rings is 3. The highest BCUT2D eigenvalue weighted by Crippen LogP contribution is 2.42. The zero-order valence-corrected chi connectivity index (χ0v) is 19.1. The zero-order valence-electron chi connectivity index (χ0n) is 19.1. The van der Waals surface area contributed by atoms with E-state index in [2.05, 4.69) is 35.5 Å². The third-order valence-electron chi connectivity index (χ3n) is 6.28. The van der Waals surface area contributed by atoms with Crippen LogP contribution in [0.2, 0.25) is 0 Å². The summed E-state index contributed by atoms with van der Waals surface area (Å²) < 4.78 is 21.3. The van der Waals surface area contributed by atoms with Crippen LogP contribution in [0, 0.1) is 12.7 Å². The predicted octanol–water partition coefficient (Wildman–Crippen LogP) is 6.59. The molecule has 0 fully saturated rings. The Morgan fingerprint density at radius 2 is 1.94 bits per heavy atom. The van der Waals surface area contributed by atoms with Crippen LogP contribution in [-0.2, 0) is 11.3 Å². The standard InChI is InChI=1S/C28H25FN2O2/c1-16(2)27-26(18-6-5-7-19(11-18)28(32)33-4)23-12-20-14-30-15-21(20)13-25(23)31(27)22-8-9-24(29)17(3)10-22/h5-13,15-16H,14H2,1-4H3. The van der Waals surface area contributed by atoms with Gasteiger partial charge in [-0.25, -0.2) is 9.18 Å². The molecule has 2 heterocycles. The predicted molar refractivity (Wildman–Crippen MR) is 130 cm³/mol. The van der Waals surface area contributed by atoms with Gasteiger partial charge in [0.25, 0.3) is 0 Å². The summed E-state index contributed by atoms with van der Waals surface area (Å²) >= 11 is 0. The molecular weight excluding hydrogens is 415 g/mol. The quantitative estimate of drug-likeness (QED) is 0.336. The van der Waals surface area contributed by atoms with Crippen LogP contribution < -0.4 is 0 Å². The molecule has 1 aliphatic heterocycles. The second-order valence-electron chi connectivity index (χ2n) is 8.79. The molecule has 3 aromatic carbocycles. The van der Waals surface area contributed by atoms with E-state index in [9.17, 15) is 9.18 Å². The molecule has 5 rings (SSSR count). The second-order valence-corrected chi connectivity index (χ2v) is 8.79. The number of carbonyl (C=O) groups is 1. The number of aliphatic imine (C=N–C) groups is 1. The molecule has 4 aromatic rings. The SMILES string of the molecule is COC(=O)c1cccc(-c2c(C(C)C)n(-c3ccc(F)c(C)c3)c3cc4c(cc23)CN=C4)c1. The van der Waals surface area contributed by atoms with Crippen molar-refractivity contribution in [3.05, 3.63) is 88.4 Å². The van der Waals surface area contributed by atoms with Gasteiger partial charge >= 0.3 is 5.97 Å². The molecule has 0 aliphatic carbocycles. The molecule has 0 radical (unpaired) electrons. The van der Waals surface area contributed by atoms with Crippen LogP contribution in [0.1, 0.15) is 52.5 Å². The Morgan fingerprint density at radius 1 is 1.12 bits per heavy atom. The van der Waals surface area contributed by atoms with Gasteiger partial charge in [0.1, 0.15) is 5.82 Å². The summed E-state index contributed by atoms with van der Waals surface area (Å²) in [6.45, 7) is 6.75. The highest BCUT2D eigenvalue weighted by atomic mass is 19.1. The molecule has 4 nitrogen and oxygen atoms in total. The molecular formula is C28H25FN2O2. The van der Waals surface area contributed by atoms with Gasteiger partial charge in [0.2, 0.25) is 0 Å².